The molecule has 1 aliphatic heterocycles. The Morgan fingerprint density at radius 1 is 1.36 bits per heavy atom. The lowest BCUT2D eigenvalue weighted by atomic mass is 10.0. The van der Waals surface area contributed by atoms with Crippen molar-refractivity contribution in [2.75, 3.05) is 11.4 Å². The molecule has 0 spiro atoms. The van der Waals surface area contributed by atoms with E-state index in [4.69, 9.17) is 0 Å². The van der Waals surface area contributed by atoms with E-state index in [2.05, 4.69) is 41.5 Å². The number of thiazole rings is 1. The van der Waals surface area contributed by atoms with Gasteiger partial charge >= 0.3 is 0 Å². The van der Waals surface area contributed by atoms with Gasteiger partial charge in [-0.1, -0.05) is 36.8 Å². The van der Waals surface area contributed by atoms with Gasteiger partial charge in [-0.3, -0.25) is 14.5 Å². The average Bonchev–Trinajstić information content (AvgIpc) is 3.22. The summed E-state index contributed by atoms with van der Waals surface area (Å²) in [4.78, 5) is 30.4. The molecule has 1 aliphatic rings. The summed E-state index contributed by atoms with van der Waals surface area (Å²) in [6.45, 7) is 4.84. The van der Waals surface area contributed by atoms with E-state index in [1.165, 1.54) is 16.9 Å². The number of benzene rings is 1. The number of nitrogens with one attached hydrogen (secondary N) is 1. The third kappa shape index (κ3) is 4.25. The third-order valence-corrected chi connectivity index (χ3v) is 5.32. The molecule has 0 bridgehead atoms. The molecule has 0 aliphatic carbocycles. The number of aromatic nitrogens is 1. The van der Waals surface area contributed by atoms with Gasteiger partial charge in [0.25, 0.3) is 0 Å². The Balaban J connectivity index is 1.61. The molecule has 25 heavy (non-hydrogen) atoms. The van der Waals surface area contributed by atoms with Crippen LogP contribution in [0, 0.1) is 6.92 Å². The largest absolute Gasteiger partial charge is 0.349 e. The molecule has 1 aromatic carbocycles. The molecular weight excluding hydrogens is 334 g/mol. The van der Waals surface area contributed by atoms with Gasteiger partial charge in [-0.2, -0.15) is 0 Å². The molecule has 1 fully saturated rings. The van der Waals surface area contributed by atoms with Crippen molar-refractivity contribution in [3.05, 3.63) is 46.5 Å². The minimum Gasteiger partial charge on any atom is -0.349 e. The zero-order valence-corrected chi connectivity index (χ0v) is 15.4. The Bertz CT molecular complexity index is 754. The van der Waals surface area contributed by atoms with Gasteiger partial charge in [0.1, 0.15) is 0 Å². The Labute approximate surface area is 152 Å². The summed E-state index contributed by atoms with van der Waals surface area (Å²) in [5.74, 6) is 0.0767. The van der Waals surface area contributed by atoms with Crippen molar-refractivity contribution in [2.45, 2.75) is 45.6 Å². The second-order valence-electron chi connectivity index (χ2n) is 6.39. The zero-order chi connectivity index (χ0) is 17.8. The maximum absolute atomic E-state index is 12.4. The van der Waals surface area contributed by atoms with Crippen LogP contribution in [0.2, 0.25) is 0 Å². The maximum Gasteiger partial charge on any atom is 0.228 e. The minimum atomic E-state index is -0.0444. The first-order valence-corrected chi connectivity index (χ1v) is 9.55. The number of hydrogen-bond donors (Lipinski definition) is 1. The summed E-state index contributed by atoms with van der Waals surface area (Å²) in [7, 11) is 0. The highest BCUT2D eigenvalue weighted by Gasteiger charge is 2.24. The normalized spacial score (nSPS) is 15.4. The van der Waals surface area contributed by atoms with E-state index in [1.807, 2.05) is 12.3 Å². The second-order valence-corrected chi connectivity index (χ2v) is 7.22. The molecule has 1 aromatic heterocycles. The van der Waals surface area contributed by atoms with Gasteiger partial charge in [-0.15, -0.1) is 11.3 Å². The summed E-state index contributed by atoms with van der Waals surface area (Å²) < 4.78 is 0. The molecule has 1 N–H and O–H groups in total. The van der Waals surface area contributed by atoms with Crippen molar-refractivity contribution in [1.82, 2.24) is 10.3 Å². The highest BCUT2D eigenvalue weighted by Crippen LogP contribution is 2.25. The number of carbonyl (C=O) groups excluding carboxylic acids is 2. The third-order valence-electron chi connectivity index (χ3n) is 4.41. The molecule has 2 aromatic rings. The lowest BCUT2D eigenvalue weighted by molar-refractivity contribution is -0.121. The van der Waals surface area contributed by atoms with Crippen LogP contribution in [-0.4, -0.2) is 23.3 Å². The number of amides is 2. The van der Waals surface area contributed by atoms with Crippen LogP contribution >= 0.6 is 11.3 Å². The molecule has 0 saturated carbocycles. The monoisotopic (exact) mass is 357 g/mol. The molecule has 132 valence electrons. The van der Waals surface area contributed by atoms with E-state index >= 15 is 0 Å². The number of anilines is 1. The van der Waals surface area contributed by atoms with Gasteiger partial charge < -0.3 is 5.32 Å². The van der Waals surface area contributed by atoms with Crippen molar-refractivity contribution in [2.24, 2.45) is 0 Å². The van der Waals surface area contributed by atoms with Crippen molar-refractivity contribution < 1.29 is 9.59 Å². The second kappa shape index (κ2) is 7.78. The summed E-state index contributed by atoms with van der Waals surface area (Å²) >= 11 is 1.43. The predicted octanol–water partition coefficient (Wildman–Crippen LogP) is 3.39. The number of aryl methyl sites for hydroxylation is 1. The fourth-order valence-electron chi connectivity index (χ4n) is 2.98. The van der Waals surface area contributed by atoms with Crippen molar-refractivity contribution in [3.63, 3.8) is 0 Å². The maximum atomic E-state index is 12.4. The summed E-state index contributed by atoms with van der Waals surface area (Å²) in [5, 5.41) is 5.66. The van der Waals surface area contributed by atoms with Gasteiger partial charge in [0.05, 0.1) is 18.2 Å². The number of nitrogens with zero attached hydrogens (tertiary/aromatic N) is 2. The number of carbonyl (C=O) groups is 2. The Morgan fingerprint density at radius 3 is 2.76 bits per heavy atom. The summed E-state index contributed by atoms with van der Waals surface area (Å²) in [6.07, 6.45) is 2.54. The van der Waals surface area contributed by atoms with Crippen LogP contribution in [0.15, 0.2) is 29.6 Å². The summed E-state index contributed by atoms with van der Waals surface area (Å²) in [5.41, 5.74) is 3.04. The lowest BCUT2D eigenvalue weighted by Crippen LogP contribution is -2.29. The predicted molar refractivity (Wildman–Crippen MR) is 99.8 cm³/mol. The Kier molecular flexibility index (Phi) is 5.48. The van der Waals surface area contributed by atoms with Crippen molar-refractivity contribution in [3.8, 4) is 0 Å². The average molecular weight is 357 g/mol. The zero-order valence-electron chi connectivity index (χ0n) is 14.6. The molecule has 6 heteroatoms. The summed E-state index contributed by atoms with van der Waals surface area (Å²) in [6, 6.07) is 8.24. The molecule has 1 unspecified atom stereocenters. The quantitative estimate of drug-likeness (QED) is 0.862. The van der Waals surface area contributed by atoms with Crippen molar-refractivity contribution in [1.29, 1.82) is 0 Å². The van der Waals surface area contributed by atoms with E-state index in [9.17, 15) is 9.59 Å². The first-order chi connectivity index (χ1) is 12.1. The van der Waals surface area contributed by atoms with Gasteiger partial charge in [0.15, 0.2) is 5.13 Å². The van der Waals surface area contributed by atoms with Gasteiger partial charge in [-0.25, -0.2) is 4.98 Å². The van der Waals surface area contributed by atoms with Gasteiger partial charge in [0.2, 0.25) is 11.8 Å². The Morgan fingerprint density at radius 2 is 2.12 bits per heavy atom. The molecular formula is C19H23N3O2S. The number of rotatable bonds is 6. The van der Waals surface area contributed by atoms with Crippen LogP contribution in [-0.2, 0) is 16.0 Å². The van der Waals surface area contributed by atoms with Crippen LogP contribution in [0.4, 0.5) is 5.13 Å². The van der Waals surface area contributed by atoms with E-state index in [-0.39, 0.29) is 24.3 Å². The van der Waals surface area contributed by atoms with Gasteiger partial charge in [0, 0.05) is 18.3 Å². The topological polar surface area (TPSA) is 62.3 Å². The molecule has 0 radical (unpaired) electrons. The lowest BCUT2D eigenvalue weighted by Gasteiger charge is -2.17. The Hall–Kier alpha value is -2.21. The molecule has 2 heterocycles. The van der Waals surface area contributed by atoms with E-state index in [0.29, 0.717) is 11.6 Å². The van der Waals surface area contributed by atoms with Crippen LogP contribution in [0.3, 0.4) is 0 Å². The fourth-order valence-corrected chi connectivity index (χ4v) is 3.85. The van der Waals surface area contributed by atoms with Gasteiger partial charge in [-0.05, 0) is 25.3 Å². The van der Waals surface area contributed by atoms with Crippen molar-refractivity contribution >= 4 is 28.3 Å². The molecule has 3 rings (SSSR count). The standard InChI is InChI=1S/C19H23N3O2S/c1-3-16(14-8-6-13(2)7-9-14)21-17(23)11-15-12-25-19(20-15)22-10-4-5-18(22)24/h6-9,12,16H,3-5,10-11H2,1-2H3,(H,21,23). The van der Waals surface area contributed by atoms with E-state index in [0.717, 1.165) is 30.6 Å². The molecule has 5 nitrogen and oxygen atoms in total. The minimum absolute atomic E-state index is 0.00589. The molecule has 2 amide bonds. The van der Waals surface area contributed by atoms with Crippen LogP contribution in [0.1, 0.15) is 49.0 Å². The molecule has 1 saturated heterocycles. The molecule has 1 atom stereocenters. The first-order valence-electron chi connectivity index (χ1n) is 8.67. The van der Waals surface area contributed by atoms with E-state index < -0.39 is 0 Å². The number of hydrogen-bond acceptors (Lipinski definition) is 4. The SMILES string of the molecule is CCC(NC(=O)Cc1csc(N2CCCC2=O)n1)c1ccc(C)cc1. The highest BCUT2D eigenvalue weighted by molar-refractivity contribution is 7.14. The fraction of sp³-hybridized carbons (Fsp3) is 0.421. The van der Waals surface area contributed by atoms with E-state index in [1.54, 1.807) is 4.90 Å². The van der Waals surface area contributed by atoms with Crippen LogP contribution < -0.4 is 10.2 Å². The highest BCUT2D eigenvalue weighted by atomic mass is 32.1. The smallest absolute Gasteiger partial charge is 0.228 e. The van der Waals surface area contributed by atoms with Crippen LogP contribution in [0.5, 0.6) is 0 Å². The van der Waals surface area contributed by atoms with Crippen LogP contribution in [0.25, 0.3) is 0 Å². The first kappa shape index (κ1) is 17.6.